The first-order valence-electron chi connectivity index (χ1n) is 11.5. The van der Waals surface area contributed by atoms with E-state index in [-0.39, 0.29) is 24.0 Å². The van der Waals surface area contributed by atoms with Crippen LogP contribution in [-0.2, 0) is 25.6 Å². The van der Waals surface area contributed by atoms with Crippen molar-refractivity contribution in [1.82, 2.24) is 16.0 Å². The lowest BCUT2D eigenvalue weighted by atomic mass is 10.0. The summed E-state index contributed by atoms with van der Waals surface area (Å²) in [6.07, 6.45) is 0.901. The molecule has 6 N–H and O–H groups in total. The highest BCUT2D eigenvalue weighted by atomic mass is 32.1. The van der Waals surface area contributed by atoms with Gasteiger partial charge < -0.3 is 26.8 Å². The Morgan fingerprint density at radius 2 is 1.29 bits per heavy atom. The van der Waals surface area contributed by atoms with E-state index in [9.17, 15) is 24.3 Å². The van der Waals surface area contributed by atoms with Gasteiger partial charge in [0.2, 0.25) is 17.7 Å². The summed E-state index contributed by atoms with van der Waals surface area (Å²) in [6, 6.07) is 5.42. The first kappa shape index (κ1) is 29.4. The Balaban J connectivity index is 2.84. The molecule has 4 unspecified atom stereocenters. The Morgan fingerprint density at radius 3 is 1.79 bits per heavy atom. The van der Waals surface area contributed by atoms with Crippen LogP contribution in [0.5, 0.6) is 0 Å². The molecule has 3 amide bonds. The Bertz CT molecular complexity index is 819. The van der Waals surface area contributed by atoms with Crippen molar-refractivity contribution >= 4 is 36.3 Å². The van der Waals surface area contributed by atoms with E-state index >= 15 is 0 Å². The summed E-state index contributed by atoms with van der Waals surface area (Å²) >= 11 is 4.14. The van der Waals surface area contributed by atoms with Crippen molar-refractivity contribution in [2.75, 3.05) is 5.75 Å². The maximum Gasteiger partial charge on any atom is 0.326 e. The molecule has 1 rings (SSSR count). The summed E-state index contributed by atoms with van der Waals surface area (Å²) in [4.78, 5) is 49.8. The van der Waals surface area contributed by atoms with Gasteiger partial charge in [-0.2, -0.15) is 12.6 Å². The lowest BCUT2D eigenvalue weighted by molar-refractivity contribution is -0.142. The summed E-state index contributed by atoms with van der Waals surface area (Å²) in [5.41, 5.74) is 6.95. The quantitative estimate of drug-likeness (QED) is 0.213. The largest absolute Gasteiger partial charge is 0.480 e. The minimum absolute atomic E-state index is 0.0402. The van der Waals surface area contributed by atoms with Crippen LogP contribution in [0.15, 0.2) is 30.3 Å². The number of hydrogen-bond donors (Lipinski definition) is 6. The maximum absolute atomic E-state index is 13.0. The summed E-state index contributed by atoms with van der Waals surface area (Å²) in [7, 11) is 0. The van der Waals surface area contributed by atoms with Gasteiger partial charge in [0.05, 0.1) is 6.04 Å². The van der Waals surface area contributed by atoms with Gasteiger partial charge in [0, 0.05) is 5.75 Å². The van der Waals surface area contributed by atoms with Gasteiger partial charge in [0.25, 0.3) is 0 Å². The van der Waals surface area contributed by atoms with Crippen LogP contribution < -0.4 is 21.7 Å². The average molecular weight is 495 g/mol. The molecule has 0 aliphatic rings. The molecule has 0 aliphatic carbocycles. The molecule has 0 spiro atoms. The van der Waals surface area contributed by atoms with Gasteiger partial charge in [-0.15, -0.1) is 0 Å². The first-order valence-corrected chi connectivity index (χ1v) is 12.1. The van der Waals surface area contributed by atoms with Crippen LogP contribution in [0.4, 0.5) is 0 Å². The third kappa shape index (κ3) is 10.6. The third-order valence-electron chi connectivity index (χ3n) is 5.11. The van der Waals surface area contributed by atoms with Crippen molar-refractivity contribution in [3.63, 3.8) is 0 Å². The Kier molecular flexibility index (Phi) is 12.7. The number of nitrogens with two attached hydrogens (primary N) is 1. The molecule has 0 aliphatic heterocycles. The van der Waals surface area contributed by atoms with E-state index in [1.807, 2.05) is 58.0 Å². The standard InChI is InChI=1S/C24H38N4O5S/c1-14(2)10-18(26-21(29)17(25)12-16-8-6-5-7-9-16)22(30)28-20(13-34)23(31)27-19(24(32)33)11-15(3)4/h5-9,14-15,17-20,34H,10-13,25H2,1-4H3,(H,26,29)(H,27,31)(H,28,30)(H,32,33). The summed E-state index contributed by atoms with van der Waals surface area (Å²) in [6.45, 7) is 7.51. The summed E-state index contributed by atoms with van der Waals surface area (Å²) < 4.78 is 0. The fourth-order valence-electron chi connectivity index (χ4n) is 3.37. The van der Waals surface area contributed by atoms with Crippen LogP contribution in [-0.4, -0.2) is 58.7 Å². The van der Waals surface area contributed by atoms with Gasteiger partial charge in [-0.1, -0.05) is 58.0 Å². The van der Waals surface area contributed by atoms with Gasteiger partial charge in [-0.3, -0.25) is 14.4 Å². The lowest BCUT2D eigenvalue weighted by Crippen LogP contribution is -2.58. The van der Waals surface area contributed by atoms with E-state index in [1.54, 1.807) is 0 Å². The van der Waals surface area contributed by atoms with Crippen LogP contribution in [0.1, 0.15) is 46.1 Å². The highest BCUT2D eigenvalue weighted by molar-refractivity contribution is 7.80. The Morgan fingerprint density at radius 1 is 0.824 bits per heavy atom. The highest BCUT2D eigenvalue weighted by Crippen LogP contribution is 2.09. The zero-order valence-corrected chi connectivity index (χ0v) is 21.2. The molecule has 9 nitrogen and oxygen atoms in total. The number of hydrogen-bond acceptors (Lipinski definition) is 6. The Hall–Kier alpha value is -2.59. The molecular formula is C24H38N4O5S. The second-order valence-corrected chi connectivity index (χ2v) is 9.62. The number of benzene rings is 1. The number of nitrogens with one attached hydrogen (secondary N) is 3. The van der Waals surface area contributed by atoms with Crippen LogP contribution >= 0.6 is 12.6 Å². The molecule has 0 aromatic heterocycles. The highest BCUT2D eigenvalue weighted by Gasteiger charge is 2.30. The molecule has 0 heterocycles. The minimum Gasteiger partial charge on any atom is -0.480 e. The van der Waals surface area contributed by atoms with Gasteiger partial charge in [0.15, 0.2) is 0 Å². The number of thiol groups is 1. The SMILES string of the molecule is CC(C)CC(NC(=O)C(CS)NC(=O)C(CC(C)C)NC(=O)C(N)Cc1ccccc1)C(=O)O. The zero-order valence-electron chi connectivity index (χ0n) is 20.3. The number of rotatable bonds is 14. The van der Waals surface area contributed by atoms with Crippen molar-refractivity contribution in [3.05, 3.63) is 35.9 Å². The number of carboxylic acid groups (broad SMARTS) is 1. The third-order valence-corrected chi connectivity index (χ3v) is 5.48. The van der Waals surface area contributed by atoms with Gasteiger partial charge >= 0.3 is 5.97 Å². The van der Waals surface area contributed by atoms with Crippen molar-refractivity contribution in [2.24, 2.45) is 17.6 Å². The number of aliphatic carboxylic acids is 1. The lowest BCUT2D eigenvalue weighted by Gasteiger charge is -2.25. The van der Waals surface area contributed by atoms with E-state index < -0.39 is 47.9 Å². The van der Waals surface area contributed by atoms with E-state index in [4.69, 9.17) is 5.73 Å². The molecule has 10 heteroatoms. The molecule has 34 heavy (non-hydrogen) atoms. The van der Waals surface area contributed by atoms with Crippen molar-refractivity contribution in [2.45, 2.75) is 71.1 Å². The van der Waals surface area contributed by atoms with Gasteiger partial charge in [-0.05, 0) is 36.7 Å². The second-order valence-electron chi connectivity index (χ2n) is 9.26. The topological polar surface area (TPSA) is 151 Å². The maximum atomic E-state index is 13.0. The molecule has 1 aromatic rings. The van der Waals surface area contributed by atoms with E-state index in [1.165, 1.54) is 0 Å². The van der Waals surface area contributed by atoms with Gasteiger partial charge in [-0.25, -0.2) is 4.79 Å². The van der Waals surface area contributed by atoms with Crippen molar-refractivity contribution < 1.29 is 24.3 Å². The number of carbonyl (C=O) groups excluding carboxylic acids is 3. The number of amides is 3. The van der Waals surface area contributed by atoms with E-state index in [2.05, 4.69) is 28.6 Å². The monoisotopic (exact) mass is 494 g/mol. The second kappa shape index (κ2) is 14.6. The van der Waals surface area contributed by atoms with Crippen molar-refractivity contribution in [3.8, 4) is 0 Å². The molecular weight excluding hydrogens is 456 g/mol. The molecule has 0 saturated heterocycles. The van der Waals surface area contributed by atoms with E-state index in [0.29, 0.717) is 12.8 Å². The smallest absolute Gasteiger partial charge is 0.326 e. The average Bonchev–Trinajstić information content (AvgIpc) is 2.76. The van der Waals surface area contributed by atoms with Crippen molar-refractivity contribution in [1.29, 1.82) is 0 Å². The first-order chi connectivity index (χ1) is 15.9. The Labute approximate surface area is 207 Å². The predicted molar refractivity (Wildman–Crippen MR) is 134 cm³/mol. The zero-order chi connectivity index (χ0) is 25.8. The van der Waals surface area contributed by atoms with Crippen LogP contribution in [0.2, 0.25) is 0 Å². The van der Waals surface area contributed by atoms with Crippen LogP contribution in [0, 0.1) is 11.8 Å². The van der Waals surface area contributed by atoms with Gasteiger partial charge in [0.1, 0.15) is 18.1 Å². The molecule has 0 radical (unpaired) electrons. The fraction of sp³-hybridized carbons (Fsp3) is 0.583. The molecule has 190 valence electrons. The fourth-order valence-corrected chi connectivity index (χ4v) is 3.63. The number of carbonyl (C=O) groups is 4. The summed E-state index contributed by atoms with van der Waals surface area (Å²) in [5, 5.41) is 17.1. The van der Waals surface area contributed by atoms with Crippen LogP contribution in [0.3, 0.4) is 0 Å². The molecule has 0 saturated carbocycles. The molecule has 1 aromatic carbocycles. The van der Waals surface area contributed by atoms with Crippen LogP contribution in [0.25, 0.3) is 0 Å². The minimum atomic E-state index is -1.15. The number of carboxylic acids is 1. The van der Waals surface area contributed by atoms with E-state index in [0.717, 1.165) is 5.56 Å². The predicted octanol–water partition coefficient (Wildman–Crippen LogP) is 1.12. The summed E-state index contributed by atoms with van der Waals surface area (Å²) in [5.74, 6) is -2.74. The molecule has 0 fully saturated rings. The molecule has 0 bridgehead atoms. The normalized spacial score (nSPS) is 14.7. The molecule has 4 atom stereocenters.